The van der Waals surface area contributed by atoms with Gasteiger partial charge in [-0.3, -0.25) is 0 Å². The van der Waals surface area contributed by atoms with E-state index >= 15 is 0 Å². The first-order valence-corrected chi connectivity index (χ1v) is 8.20. The second kappa shape index (κ2) is 5.05. The van der Waals surface area contributed by atoms with Crippen LogP contribution in [0.2, 0.25) is 0 Å². The van der Waals surface area contributed by atoms with Crippen molar-refractivity contribution in [3.8, 4) is 0 Å². The van der Waals surface area contributed by atoms with E-state index in [9.17, 15) is 0 Å². The number of nitrogens with one attached hydrogen (secondary N) is 1. The monoisotopic (exact) mass is 281 g/mol. The molecule has 2 atom stereocenters. The van der Waals surface area contributed by atoms with Crippen LogP contribution in [0.4, 0.5) is 0 Å². The summed E-state index contributed by atoms with van der Waals surface area (Å²) in [5, 5.41) is 6.31. The Bertz CT molecular complexity index is 680. The van der Waals surface area contributed by atoms with Crippen LogP contribution in [0.1, 0.15) is 40.0 Å². The summed E-state index contributed by atoms with van der Waals surface area (Å²) < 4.78 is 0. The maximum atomic E-state index is 3.53. The summed E-state index contributed by atoms with van der Waals surface area (Å²) in [4.78, 5) is 0. The van der Waals surface area contributed by atoms with Crippen molar-refractivity contribution < 1.29 is 0 Å². The Morgan fingerprint density at radius 2 is 2.00 bits per heavy atom. The van der Waals surface area contributed by atoms with E-state index in [-0.39, 0.29) is 0 Å². The maximum absolute atomic E-state index is 3.53. The molecule has 21 heavy (non-hydrogen) atoms. The Hall–Kier alpha value is -1.50. The normalized spacial score (nSPS) is 29.9. The van der Waals surface area contributed by atoms with E-state index in [0.717, 1.165) is 12.8 Å². The van der Waals surface area contributed by atoms with Gasteiger partial charge in [-0.15, -0.1) is 0 Å². The molecule has 0 aliphatic heterocycles. The van der Waals surface area contributed by atoms with Crippen LogP contribution in [-0.4, -0.2) is 7.05 Å². The Balaban J connectivity index is 2.12. The molecule has 1 N–H and O–H groups in total. The van der Waals surface area contributed by atoms with E-state index in [1.54, 1.807) is 0 Å². The van der Waals surface area contributed by atoms with E-state index < -0.39 is 0 Å². The molecule has 2 aliphatic rings. The van der Waals surface area contributed by atoms with Crippen molar-refractivity contribution in [3.63, 3.8) is 0 Å². The molecule has 1 aromatic carbocycles. The molecular formula is C20H27N. The first kappa shape index (κ1) is 14.4. The molecule has 0 saturated heterocycles. The summed E-state index contributed by atoms with van der Waals surface area (Å²) >= 11 is 0. The molecule has 0 aromatic heterocycles. The number of hydrogen-bond donors (Lipinski definition) is 1. The van der Waals surface area contributed by atoms with Gasteiger partial charge in [-0.1, -0.05) is 63.3 Å². The highest BCUT2D eigenvalue weighted by molar-refractivity contribution is 5.56. The Labute approximate surface area is 128 Å². The average molecular weight is 281 g/mol. The zero-order valence-electron chi connectivity index (χ0n) is 13.7. The molecule has 1 saturated carbocycles. The lowest BCUT2D eigenvalue weighted by Gasteiger charge is -2.32. The van der Waals surface area contributed by atoms with E-state index in [1.165, 1.54) is 22.6 Å². The van der Waals surface area contributed by atoms with Crippen molar-refractivity contribution in [1.82, 2.24) is 5.32 Å². The van der Waals surface area contributed by atoms with Crippen molar-refractivity contribution in [2.45, 2.75) is 40.0 Å². The molecule has 3 rings (SSSR count). The molecule has 1 fully saturated rings. The van der Waals surface area contributed by atoms with Crippen molar-refractivity contribution in [1.29, 1.82) is 0 Å². The highest BCUT2D eigenvalue weighted by Gasteiger charge is 2.63. The minimum atomic E-state index is 0.325. The summed E-state index contributed by atoms with van der Waals surface area (Å²) in [6, 6.07) is 8.78. The van der Waals surface area contributed by atoms with Gasteiger partial charge in [0.05, 0.1) is 0 Å². The molecule has 1 nitrogen and oxygen atoms in total. The lowest BCUT2D eigenvalue weighted by molar-refractivity contribution is 0.365. The topological polar surface area (TPSA) is 12.0 Å². The van der Waals surface area contributed by atoms with Gasteiger partial charge in [0.1, 0.15) is 0 Å². The van der Waals surface area contributed by atoms with Crippen LogP contribution in [0.5, 0.6) is 0 Å². The lowest BCUT2D eigenvalue weighted by Crippen LogP contribution is -2.40. The van der Waals surface area contributed by atoms with E-state index in [4.69, 9.17) is 0 Å². The van der Waals surface area contributed by atoms with Crippen LogP contribution in [0.3, 0.4) is 0 Å². The van der Waals surface area contributed by atoms with Crippen LogP contribution in [0.15, 0.2) is 36.4 Å². The lowest BCUT2D eigenvalue weighted by atomic mass is 9.75. The van der Waals surface area contributed by atoms with Crippen LogP contribution in [0, 0.1) is 16.7 Å². The fourth-order valence-electron chi connectivity index (χ4n) is 4.26. The molecule has 0 amide bonds. The Morgan fingerprint density at radius 3 is 2.62 bits per heavy atom. The molecule has 0 heterocycles. The van der Waals surface area contributed by atoms with Crippen molar-refractivity contribution in [2.24, 2.45) is 16.7 Å². The summed E-state index contributed by atoms with van der Waals surface area (Å²) in [5.74, 6) is 0.579. The molecular weight excluding hydrogens is 254 g/mol. The fraction of sp³-hybridized carbons (Fsp3) is 0.500. The van der Waals surface area contributed by atoms with Crippen molar-refractivity contribution >= 4 is 11.8 Å². The number of fused-ring (bicyclic) bond motifs is 1. The van der Waals surface area contributed by atoms with Gasteiger partial charge in [-0.2, -0.15) is 0 Å². The fourth-order valence-corrected chi connectivity index (χ4v) is 4.26. The van der Waals surface area contributed by atoms with Gasteiger partial charge in [0, 0.05) is 29.3 Å². The first-order valence-electron chi connectivity index (χ1n) is 8.20. The van der Waals surface area contributed by atoms with Gasteiger partial charge >= 0.3 is 0 Å². The summed E-state index contributed by atoms with van der Waals surface area (Å²) in [5.41, 5.74) is 2.16. The molecule has 2 unspecified atom stereocenters. The Morgan fingerprint density at radius 1 is 1.29 bits per heavy atom. The zero-order valence-corrected chi connectivity index (χ0v) is 13.7. The van der Waals surface area contributed by atoms with Crippen LogP contribution < -0.4 is 15.8 Å². The van der Waals surface area contributed by atoms with Crippen LogP contribution in [0.25, 0.3) is 11.8 Å². The predicted molar refractivity (Wildman–Crippen MR) is 91.0 cm³/mol. The number of hydrogen-bond acceptors (Lipinski definition) is 1. The van der Waals surface area contributed by atoms with Gasteiger partial charge in [-0.25, -0.2) is 0 Å². The summed E-state index contributed by atoms with van der Waals surface area (Å²) in [6.45, 7) is 7.06. The van der Waals surface area contributed by atoms with Crippen LogP contribution >= 0.6 is 0 Å². The van der Waals surface area contributed by atoms with Gasteiger partial charge in [-0.05, 0) is 29.9 Å². The molecule has 2 aliphatic carbocycles. The quantitative estimate of drug-likeness (QED) is 0.836. The highest BCUT2D eigenvalue weighted by atomic mass is 14.9. The van der Waals surface area contributed by atoms with E-state index in [2.05, 4.69) is 75.6 Å². The van der Waals surface area contributed by atoms with Gasteiger partial charge in [0.25, 0.3) is 0 Å². The van der Waals surface area contributed by atoms with Gasteiger partial charge in [0.15, 0.2) is 0 Å². The zero-order chi connectivity index (χ0) is 15.1. The molecule has 0 spiro atoms. The van der Waals surface area contributed by atoms with Crippen molar-refractivity contribution in [2.75, 3.05) is 7.05 Å². The second-order valence-electron chi connectivity index (χ2n) is 7.15. The summed E-state index contributed by atoms with van der Waals surface area (Å²) in [7, 11) is 2.08. The Kier molecular flexibility index (Phi) is 3.47. The maximum Gasteiger partial charge on any atom is 0.0227 e. The molecule has 0 bridgehead atoms. The minimum absolute atomic E-state index is 0.325. The van der Waals surface area contributed by atoms with Gasteiger partial charge in [0.2, 0.25) is 0 Å². The third-order valence-electron chi connectivity index (χ3n) is 5.58. The SMILES string of the molecule is CCC=CC1(C2CC=c3ccccc3=C2NC)CC1(C)C. The molecule has 0 radical (unpaired) electrons. The van der Waals surface area contributed by atoms with Crippen molar-refractivity contribution in [3.05, 3.63) is 46.9 Å². The number of rotatable bonds is 4. The second-order valence-corrected chi connectivity index (χ2v) is 7.15. The minimum Gasteiger partial charge on any atom is -0.391 e. The predicted octanol–water partition coefficient (Wildman–Crippen LogP) is 3.20. The largest absolute Gasteiger partial charge is 0.391 e. The molecule has 1 heteroatoms. The standard InChI is InChI=1S/C20H27N/c1-5-6-13-20(14-19(20,2)3)17-12-11-15-9-7-8-10-16(15)18(17)21-4/h6-11,13,17,21H,5,12,14H2,1-4H3. The average Bonchev–Trinajstić information content (AvgIpc) is 3.06. The van der Waals surface area contributed by atoms with E-state index in [0.29, 0.717) is 16.7 Å². The molecule has 112 valence electrons. The third kappa shape index (κ3) is 2.14. The van der Waals surface area contributed by atoms with Gasteiger partial charge < -0.3 is 5.32 Å². The van der Waals surface area contributed by atoms with Crippen LogP contribution in [-0.2, 0) is 0 Å². The highest BCUT2D eigenvalue weighted by Crippen LogP contribution is 2.70. The number of allylic oxidation sites excluding steroid dienone is 2. The molecule has 1 aromatic rings. The third-order valence-corrected chi connectivity index (χ3v) is 5.58. The summed E-state index contributed by atoms with van der Waals surface area (Å²) in [6.07, 6.45) is 10.9. The smallest absolute Gasteiger partial charge is 0.0227 e. The van der Waals surface area contributed by atoms with E-state index in [1.807, 2.05) is 0 Å². The number of benzene rings is 1. The first-order chi connectivity index (χ1) is 10.1.